The van der Waals surface area contributed by atoms with Gasteiger partial charge >= 0.3 is 0 Å². The molecule has 0 saturated carbocycles. The first-order valence-electron chi connectivity index (χ1n) is 18.2. The predicted molar refractivity (Wildman–Crippen MR) is 204 cm³/mol. The number of hydrogen-bond acceptors (Lipinski definition) is 4. The minimum atomic E-state index is 0.538. The monoisotopic (exact) mass is 664 g/mol. The van der Waals surface area contributed by atoms with E-state index in [2.05, 4.69) is 107 Å². The predicted octanol–water partition coefficient (Wildman–Crippen LogP) is 10.5. The van der Waals surface area contributed by atoms with Crippen molar-refractivity contribution in [1.82, 2.24) is 9.47 Å². The maximum atomic E-state index is 6.26. The molecule has 5 aromatic carbocycles. The molecule has 0 radical (unpaired) electrons. The number of hydrogen-bond donors (Lipinski definition) is 0. The largest absolute Gasteiger partial charge is 0.492 e. The van der Waals surface area contributed by atoms with E-state index in [-0.39, 0.29) is 0 Å². The smallest absolute Gasteiger partial charge is 0.120 e. The summed E-state index contributed by atoms with van der Waals surface area (Å²) in [5, 5.41) is 1.19. The topological polar surface area (TPSA) is 35.9 Å². The minimum absolute atomic E-state index is 0.538. The van der Waals surface area contributed by atoms with Crippen molar-refractivity contribution in [2.75, 3.05) is 26.2 Å². The van der Waals surface area contributed by atoms with E-state index in [0.29, 0.717) is 13.2 Å². The molecule has 0 atom stereocenters. The van der Waals surface area contributed by atoms with E-state index in [0.717, 1.165) is 53.6 Å². The molecule has 0 N–H and O–H groups in total. The van der Waals surface area contributed by atoms with Crippen molar-refractivity contribution in [1.29, 1.82) is 0 Å². The van der Waals surface area contributed by atoms with Crippen LogP contribution < -0.4 is 14.2 Å². The molecule has 0 aliphatic carbocycles. The van der Waals surface area contributed by atoms with Crippen LogP contribution in [-0.2, 0) is 19.8 Å². The van der Waals surface area contributed by atoms with Gasteiger partial charge in [0.25, 0.3) is 0 Å². The highest BCUT2D eigenvalue weighted by Crippen LogP contribution is 2.37. The van der Waals surface area contributed by atoms with Crippen molar-refractivity contribution < 1.29 is 14.2 Å². The summed E-state index contributed by atoms with van der Waals surface area (Å²) in [6, 6.07) is 44.2. The first-order valence-corrected chi connectivity index (χ1v) is 18.2. The molecular formula is C45H48N2O3. The lowest BCUT2D eigenvalue weighted by Crippen LogP contribution is -2.31. The Morgan fingerprint density at radius 3 is 1.76 bits per heavy atom. The van der Waals surface area contributed by atoms with Gasteiger partial charge in [0, 0.05) is 24.0 Å². The first-order chi connectivity index (χ1) is 24.7. The van der Waals surface area contributed by atoms with Crippen LogP contribution in [0.4, 0.5) is 0 Å². The van der Waals surface area contributed by atoms with Crippen molar-refractivity contribution in [3.8, 4) is 28.5 Å². The molecule has 0 unspecified atom stereocenters. The van der Waals surface area contributed by atoms with Crippen LogP contribution in [0.5, 0.6) is 17.2 Å². The highest BCUT2D eigenvalue weighted by atomic mass is 16.5. The molecule has 7 rings (SSSR count). The number of aryl methyl sites for hydroxylation is 1. The van der Waals surface area contributed by atoms with Gasteiger partial charge in [-0.2, -0.15) is 0 Å². The second kappa shape index (κ2) is 16.6. The van der Waals surface area contributed by atoms with Crippen molar-refractivity contribution in [2.45, 2.75) is 58.8 Å². The van der Waals surface area contributed by atoms with Crippen molar-refractivity contribution in [3.05, 3.63) is 150 Å². The third-order valence-electron chi connectivity index (χ3n) is 9.80. The zero-order valence-electron chi connectivity index (χ0n) is 29.2. The Morgan fingerprint density at radius 2 is 1.10 bits per heavy atom. The lowest BCUT2D eigenvalue weighted by molar-refractivity contribution is 0.195. The normalized spacial score (nSPS) is 13.9. The van der Waals surface area contributed by atoms with Crippen LogP contribution in [0.2, 0.25) is 0 Å². The second-order valence-electron chi connectivity index (χ2n) is 13.4. The van der Waals surface area contributed by atoms with Gasteiger partial charge < -0.3 is 18.8 Å². The molecule has 5 heteroatoms. The average molecular weight is 665 g/mol. The van der Waals surface area contributed by atoms with E-state index >= 15 is 0 Å². The third kappa shape index (κ3) is 8.58. The molecule has 6 aromatic rings. The van der Waals surface area contributed by atoms with Crippen LogP contribution >= 0.6 is 0 Å². The summed E-state index contributed by atoms with van der Waals surface area (Å²) < 4.78 is 21.0. The Balaban J connectivity index is 1.10. The van der Waals surface area contributed by atoms with Gasteiger partial charge in [-0.15, -0.1) is 0 Å². The summed E-state index contributed by atoms with van der Waals surface area (Å²) in [5.41, 5.74) is 8.30. The molecular weight excluding hydrogens is 617 g/mol. The highest BCUT2D eigenvalue weighted by Gasteiger charge is 2.18. The lowest BCUT2D eigenvalue weighted by Gasteiger charge is -2.24. The van der Waals surface area contributed by atoms with E-state index < -0.39 is 0 Å². The zero-order chi connectivity index (χ0) is 34.0. The Bertz CT molecular complexity index is 1930. The SMILES string of the molecule is Cc1c(-c2ccc(OCc3ccccc3)cc2)n(Cc2ccc(OCCN3CCCCCCC3)cc2)c2ccc(OCc3ccccc3)cc12. The number of rotatable bonds is 13. The molecule has 1 aromatic heterocycles. The molecule has 0 amide bonds. The van der Waals surface area contributed by atoms with Gasteiger partial charge in [-0.1, -0.05) is 92.1 Å². The van der Waals surface area contributed by atoms with Crippen LogP contribution in [0.3, 0.4) is 0 Å². The Kier molecular flexibility index (Phi) is 11.1. The third-order valence-corrected chi connectivity index (χ3v) is 9.80. The molecule has 1 aliphatic heterocycles. The van der Waals surface area contributed by atoms with Crippen LogP contribution in [0.15, 0.2) is 127 Å². The van der Waals surface area contributed by atoms with Gasteiger partial charge in [-0.05, 0) is 115 Å². The first kappa shape index (κ1) is 33.5. The summed E-state index contributed by atoms with van der Waals surface area (Å²) in [6.45, 7) is 8.15. The van der Waals surface area contributed by atoms with Crippen molar-refractivity contribution in [3.63, 3.8) is 0 Å². The van der Waals surface area contributed by atoms with Crippen molar-refractivity contribution >= 4 is 10.9 Å². The fourth-order valence-electron chi connectivity index (χ4n) is 7.02. The summed E-state index contributed by atoms with van der Waals surface area (Å²) in [4.78, 5) is 2.56. The number of benzene rings is 5. The molecule has 0 bridgehead atoms. The minimum Gasteiger partial charge on any atom is -0.492 e. The summed E-state index contributed by atoms with van der Waals surface area (Å²) in [5.74, 6) is 2.66. The van der Waals surface area contributed by atoms with Crippen LogP contribution in [0, 0.1) is 6.92 Å². The maximum absolute atomic E-state index is 6.26. The van der Waals surface area contributed by atoms with E-state index in [1.807, 2.05) is 36.4 Å². The fraction of sp³-hybridized carbons (Fsp3) is 0.289. The van der Waals surface area contributed by atoms with Crippen LogP contribution in [-0.4, -0.2) is 35.7 Å². The van der Waals surface area contributed by atoms with Gasteiger partial charge in [0.05, 0.1) is 5.69 Å². The Morgan fingerprint density at radius 1 is 0.540 bits per heavy atom. The average Bonchev–Trinajstić information content (AvgIpc) is 3.42. The number of likely N-dealkylation sites (tertiary alicyclic amines) is 1. The highest BCUT2D eigenvalue weighted by molar-refractivity contribution is 5.92. The van der Waals surface area contributed by atoms with Gasteiger partial charge in [0.15, 0.2) is 0 Å². The standard InChI is InChI=1S/C45H48N2O3/c1-35-43-31-42(50-34-38-15-9-6-10-16-38)25-26-44(43)47(45(35)39-19-23-41(24-20-39)49-33-37-13-7-5-8-14-37)32-36-17-21-40(22-18-36)48-30-29-46-27-11-3-2-4-12-28-46/h5-10,13-26,31H,2-4,11-12,27-30,32-34H2,1H3. The van der Waals surface area contributed by atoms with Gasteiger partial charge in [0.2, 0.25) is 0 Å². The Hall–Kier alpha value is -5.00. The molecule has 50 heavy (non-hydrogen) atoms. The van der Waals surface area contributed by atoms with E-state index in [9.17, 15) is 0 Å². The molecule has 0 spiro atoms. The quantitative estimate of drug-likeness (QED) is 0.123. The van der Waals surface area contributed by atoms with E-state index in [4.69, 9.17) is 14.2 Å². The van der Waals surface area contributed by atoms with Crippen LogP contribution in [0.1, 0.15) is 54.4 Å². The second-order valence-corrected chi connectivity index (χ2v) is 13.4. The van der Waals surface area contributed by atoms with Gasteiger partial charge in [0.1, 0.15) is 37.1 Å². The van der Waals surface area contributed by atoms with Crippen molar-refractivity contribution in [2.24, 2.45) is 0 Å². The number of fused-ring (bicyclic) bond motifs is 1. The molecule has 2 heterocycles. The van der Waals surface area contributed by atoms with E-state index in [1.54, 1.807) is 0 Å². The number of aromatic nitrogens is 1. The number of ether oxygens (including phenoxy) is 3. The summed E-state index contributed by atoms with van der Waals surface area (Å²) >= 11 is 0. The van der Waals surface area contributed by atoms with Crippen LogP contribution in [0.25, 0.3) is 22.2 Å². The van der Waals surface area contributed by atoms with Gasteiger partial charge in [-0.25, -0.2) is 0 Å². The Labute approximate surface area is 297 Å². The molecule has 1 fully saturated rings. The fourth-order valence-corrected chi connectivity index (χ4v) is 7.02. The number of nitrogens with zero attached hydrogens (tertiary/aromatic N) is 2. The van der Waals surface area contributed by atoms with E-state index in [1.165, 1.54) is 72.9 Å². The molecule has 256 valence electrons. The summed E-state index contributed by atoms with van der Waals surface area (Å²) in [7, 11) is 0. The molecule has 5 nitrogen and oxygen atoms in total. The summed E-state index contributed by atoms with van der Waals surface area (Å²) in [6.07, 6.45) is 6.71. The lowest BCUT2D eigenvalue weighted by atomic mass is 10.1. The molecule has 1 aliphatic rings. The van der Waals surface area contributed by atoms with Gasteiger partial charge in [-0.3, -0.25) is 4.90 Å². The zero-order valence-corrected chi connectivity index (χ0v) is 29.2. The molecule has 1 saturated heterocycles. The maximum Gasteiger partial charge on any atom is 0.120 e.